The van der Waals surface area contributed by atoms with E-state index < -0.39 is 6.36 Å². The van der Waals surface area contributed by atoms with Crippen LogP contribution in [0.15, 0.2) is 90.2 Å². The van der Waals surface area contributed by atoms with E-state index in [1.54, 1.807) is 31.6 Å². The molecule has 0 bridgehead atoms. The molecular formula is C31H28F3N5O2. The van der Waals surface area contributed by atoms with Crippen LogP contribution < -0.4 is 15.4 Å². The number of para-hydroxylation sites is 2. The summed E-state index contributed by atoms with van der Waals surface area (Å²) in [6.07, 6.45) is 2.68. The lowest BCUT2D eigenvalue weighted by Crippen LogP contribution is -2.25. The fraction of sp³-hybridized carbons (Fsp3) is 0.258. The van der Waals surface area contributed by atoms with Gasteiger partial charge in [0, 0.05) is 19.0 Å². The van der Waals surface area contributed by atoms with Crippen LogP contribution >= 0.6 is 0 Å². The van der Waals surface area contributed by atoms with Crippen molar-refractivity contribution < 1.29 is 22.6 Å². The summed E-state index contributed by atoms with van der Waals surface area (Å²) in [4.78, 5) is 14.3. The molecule has 1 aromatic heterocycles. The van der Waals surface area contributed by atoms with E-state index >= 15 is 0 Å². The molecule has 210 valence electrons. The Labute approximate surface area is 234 Å². The van der Waals surface area contributed by atoms with Gasteiger partial charge in [-0.3, -0.25) is 9.98 Å². The number of methoxy groups -OCH3 is 1. The second-order valence-corrected chi connectivity index (χ2v) is 10.00. The molecule has 0 atom stereocenters. The van der Waals surface area contributed by atoms with Gasteiger partial charge in [0.05, 0.1) is 57.5 Å². The van der Waals surface area contributed by atoms with Crippen molar-refractivity contribution >= 4 is 22.4 Å². The summed E-state index contributed by atoms with van der Waals surface area (Å²) in [7, 11) is 1.75. The lowest BCUT2D eigenvalue weighted by atomic mass is 9.93. The van der Waals surface area contributed by atoms with Crippen molar-refractivity contribution in [2.45, 2.75) is 44.2 Å². The van der Waals surface area contributed by atoms with Gasteiger partial charge in [-0.2, -0.15) is 0 Å². The van der Waals surface area contributed by atoms with E-state index in [0.29, 0.717) is 11.4 Å². The largest absolute Gasteiger partial charge is 0.573 e. The SMILES string of the molecule is COC1CCC(/N=c2\cc3n(-c4ccc(OC(F)(F)F)cc4)c4ccccc4nc-3cc2Nc2cccnc2)CC1. The number of hydrogen-bond donors (Lipinski definition) is 1. The molecule has 2 aliphatic carbocycles. The molecule has 0 spiro atoms. The van der Waals surface area contributed by atoms with E-state index in [1.807, 2.05) is 53.1 Å². The van der Waals surface area contributed by atoms with Crippen LogP contribution in [-0.4, -0.2) is 40.2 Å². The number of benzene rings is 3. The molecular weight excluding hydrogens is 531 g/mol. The van der Waals surface area contributed by atoms with Crippen molar-refractivity contribution in [3.63, 3.8) is 0 Å². The zero-order valence-corrected chi connectivity index (χ0v) is 22.3. The maximum Gasteiger partial charge on any atom is 0.573 e. The number of pyridine rings is 1. The first-order chi connectivity index (χ1) is 19.9. The van der Waals surface area contributed by atoms with Gasteiger partial charge in [0.15, 0.2) is 0 Å². The predicted octanol–water partition coefficient (Wildman–Crippen LogP) is 7.03. The Morgan fingerprint density at radius 2 is 1.73 bits per heavy atom. The smallest absolute Gasteiger partial charge is 0.406 e. The topological polar surface area (TPSA) is 73.6 Å². The van der Waals surface area contributed by atoms with Crippen LogP contribution in [0.3, 0.4) is 0 Å². The number of rotatable bonds is 6. The van der Waals surface area contributed by atoms with Gasteiger partial charge in [0.2, 0.25) is 0 Å². The maximum absolute atomic E-state index is 12.8. The molecule has 3 aliphatic rings. The summed E-state index contributed by atoms with van der Waals surface area (Å²) < 4.78 is 50.0. The molecule has 6 rings (SSSR count). The molecule has 1 saturated carbocycles. The fourth-order valence-electron chi connectivity index (χ4n) is 5.32. The predicted molar refractivity (Wildman–Crippen MR) is 151 cm³/mol. The number of hydrogen-bond acceptors (Lipinski definition) is 6. The number of alkyl halides is 3. The van der Waals surface area contributed by atoms with Gasteiger partial charge in [-0.05, 0) is 86.3 Å². The lowest BCUT2D eigenvalue weighted by molar-refractivity contribution is -0.274. The summed E-state index contributed by atoms with van der Waals surface area (Å²) in [6.45, 7) is 0. The normalized spacial score (nSPS) is 18.1. The highest BCUT2D eigenvalue weighted by Gasteiger charge is 2.31. The van der Waals surface area contributed by atoms with Crippen molar-refractivity contribution in [1.82, 2.24) is 14.5 Å². The number of nitrogens with zero attached hydrogens (tertiary/aromatic N) is 4. The molecule has 1 N–H and O–H groups in total. The van der Waals surface area contributed by atoms with E-state index in [1.165, 1.54) is 12.1 Å². The quantitative estimate of drug-likeness (QED) is 0.226. The molecule has 1 fully saturated rings. The van der Waals surface area contributed by atoms with Crippen molar-refractivity contribution in [2.75, 3.05) is 12.4 Å². The summed E-state index contributed by atoms with van der Waals surface area (Å²) in [5, 5.41) is 4.23. The van der Waals surface area contributed by atoms with Gasteiger partial charge in [-0.15, -0.1) is 13.2 Å². The molecule has 3 aromatic rings. The van der Waals surface area contributed by atoms with E-state index in [4.69, 9.17) is 14.7 Å². The third-order valence-corrected chi connectivity index (χ3v) is 7.27. The number of ether oxygens (including phenoxy) is 2. The standard InChI is InChI=1S/C31H28F3N5O2/c1-40-23-12-8-20(9-13-23)36-27-18-30-28(17-26(27)37-21-5-4-16-35-19-21)38-25-6-2-3-7-29(25)39(30)22-10-14-24(15-11-22)41-31(32,33)34/h2-7,10-11,14-20,23,37H,8-9,12-13H2,1H3/b36-27+. The van der Waals surface area contributed by atoms with E-state index in [0.717, 1.165) is 59.1 Å². The molecule has 0 saturated heterocycles. The van der Waals surface area contributed by atoms with Crippen LogP contribution in [0.25, 0.3) is 28.1 Å². The highest BCUT2D eigenvalue weighted by molar-refractivity contribution is 5.84. The number of anilines is 2. The third-order valence-electron chi connectivity index (χ3n) is 7.27. The van der Waals surface area contributed by atoms with Crippen LogP contribution in [0.5, 0.6) is 5.75 Å². The second kappa shape index (κ2) is 11.2. The highest BCUT2D eigenvalue weighted by Crippen LogP contribution is 2.32. The minimum Gasteiger partial charge on any atom is -0.406 e. The Hall–Kier alpha value is -4.44. The molecule has 7 nitrogen and oxygen atoms in total. The van der Waals surface area contributed by atoms with Crippen LogP contribution in [0.1, 0.15) is 25.7 Å². The van der Waals surface area contributed by atoms with E-state index in [9.17, 15) is 13.2 Å². The molecule has 10 heteroatoms. The van der Waals surface area contributed by atoms with Crippen LogP contribution in [0.4, 0.5) is 24.5 Å². The Bertz CT molecular complexity index is 1680. The molecule has 2 heterocycles. The molecule has 2 aromatic carbocycles. The Balaban J connectivity index is 1.53. The molecule has 0 radical (unpaired) electrons. The maximum atomic E-state index is 12.8. The molecule has 41 heavy (non-hydrogen) atoms. The van der Waals surface area contributed by atoms with Gasteiger partial charge < -0.3 is 19.4 Å². The first-order valence-corrected chi connectivity index (χ1v) is 13.4. The van der Waals surface area contributed by atoms with E-state index in [-0.39, 0.29) is 17.9 Å². The summed E-state index contributed by atoms with van der Waals surface area (Å²) in [6, 6.07) is 21.4. The molecule has 0 amide bonds. The summed E-state index contributed by atoms with van der Waals surface area (Å²) >= 11 is 0. The van der Waals surface area contributed by atoms with Gasteiger partial charge in [-0.25, -0.2) is 4.98 Å². The van der Waals surface area contributed by atoms with E-state index in [2.05, 4.69) is 15.0 Å². The van der Waals surface area contributed by atoms with Crippen LogP contribution in [-0.2, 0) is 4.74 Å². The second-order valence-electron chi connectivity index (χ2n) is 10.00. The number of nitrogens with one attached hydrogen (secondary N) is 1. The fourth-order valence-corrected chi connectivity index (χ4v) is 5.32. The lowest BCUT2D eigenvalue weighted by Gasteiger charge is -2.25. The summed E-state index contributed by atoms with van der Waals surface area (Å²) in [5.74, 6) is -0.283. The monoisotopic (exact) mass is 559 g/mol. The van der Waals surface area contributed by atoms with Crippen molar-refractivity contribution in [3.8, 4) is 22.8 Å². The van der Waals surface area contributed by atoms with Crippen molar-refractivity contribution in [3.05, 3.63) is 90.5 Å². The molecule has 1 aliphatic heterocycles. The van der Waals surface area contributed by atoms with Gasteiger partial charge in [0.25, 0.3) is 0 Å². The number of fused-ring (bicyclic) bond motifs is 2. The zero-order valence-electron chi connectivity index (χ0n) is 22.3. The third kappa shape index (κ3) is 6.02. The van der Waals surface area contributed by atoms with Crippen molar-refractivity contribution in [2.24, 2.45) is 4.99 Å². The van der Waals surface area contributed by atoms with Gasteiger partial charge in [0.1, 0.15) is 5.75 Å². The highest BCUT2D eigenvalue weighted by atomic mass is 19.4. The number of halogens is 3. The summed E-state index contributed by atoms with van der Waals surface area (Å²) in [5.41, 5.74) is 5.31. The zero-order chi connectivity index (χ0) is 28.4. The van der Waals surface area contributed by atoms with Gasteiger partial charge in [-0.1, -0.05) is 12.1 Å². The van der Waals surface area contributed by atoms with Crippen molar-refractivity contribution in [1.29, 1.82) is 0 Å². The average Bonchev–Trinajstić information content (AvgIpc) is 2.97. The average molecular weight is 560 g/mol. The first-order valence-electron chi connectivity index (χ1n) is 13.4. The Morgan fingerprint density at radius 3 is 2.44 bits per heavy atom. The minimum absolute atomic E-state index is 0.133. The molecule has 0 unspecified atom stereocenters. The Morgan fingerprint density at radius 1 is 0.951 bits per heavy atom. The Kier molecular flexibility index (Phi) is 7.32. The van der Waals surface area contributed by atoms with Crippen LogP contribution in [0, 0.1) is 0 Å². The van der Waals surface area contributed by atoms with Crippen LogP contribution in [0.2, 0.25) is 0 Å². The number of aromatic nitrogens is 3. The minimum atomic E-state index is -4.76. The van der Waals surface area contributed by atoms with Gasteiger partial charge >= 0.3 is 6.36 Å². The first kappa shape index (κ1) is 26.8.